The van der Waals surface area contributed by atoms with Crippen molar-refractivity contribution in [3.05, 3.63) is 71.5 Å². The summed E-state index contributed by atoms with van der Waals surface area (Å²) in [5, 5.41) is 0.768. The van der Waals surface area contributed by atoms with Crippen LogP contribution in [0.15, 0.2) is 54.7 Å². The number of carbonyl (C=O) groups excluding carboxylic acids is 1. The summed E-state index contributed by atoms with van der Waals surface area (Å²) in [6.45, 7) is 7.65. The molecule has 1 N–H and O–H groups in total. The van der Waals surface area contributed by atoms with Crippen molar-refractivity contribution in [1.82, 2.24) is 9.97 Å². The van der Waals surface area contributed by atoms with Crippen LogP contribution in [-0.4, -0.2) is 28.6 Å². The molecule has 5 nitrogen and oxygen atoms in total. The van der Waals surface area contributed by atoms with Gasteiger partial charge in [-0.2, -0.15) is 13.2 Å². The van der Waals surface area contributed by atoms with E-state index in [0.717, 1.165) is 28.8 Å². The molecule has 4 aromatic rings. The minimum absolute atomic E-state index is 0.00949. The van der Waals surface area contributed by atoms with Crippen LogP contribution in [0.1, 0.15) is 42.4 Å². The Balaban J connectivity index is 1.94. The van der Waals surface area contributed by atoms with Gasteiger partial charge in [0, 0.05) is 28.2 Å². The van der Waals surface area contributed by atoms with E-state index in [9.17, 15) is 18.0 Å². The van der Waals surface area contributed by atoms with Crippen molar-refractivity contribution in [2.75, 3.05) is 6.61 Å². The fourth-order valence-corrected chi connectivity index (χ4v) is 4.06. The maximum Gasteiger partial charge on any atom is 0.417 e. The first kappa shape index (κ1) is 24.3. The largest absolute Gasteiger partial charge is 0.491 e. The first-order valence-electron chi connectivity index (χ1n) is 11.2. The number of ether oxygens (including phenoxy) is 2. The van der Waals surface area contributed by atoms with E-state index in [1.807, 2.05) is 45.0 Å². The Kier molecular flexibility index (Phi) is 6.56. The lowest BCUT2D eigenvalue weighted by Crippen LogP contribution is -2.06. The van der Waals surface area contributed by atoms with E-state index in [4.69, 9.17) is 9.47 Å². The minimum Gasteiger partial charge on any atom is -0.491 e. The number of rotatable bonds is 6. The summed E-state index contributed by atoms with van der Waals surface area (Å²) in [7, 11) is 0. The average Bonchev–Trinajstić information content (AvgIpc) is 3.15. The number of H-pyrrole nitrogens is 1. The number of hydrogen-bond donors (Lipinski definition) is 1. The lowest BCUT2D eigenvalue weighted by Gasteiger charge is -2.15. The highest BCUT2D eigenvalue weighted by atomic mass is 19.4. The predicted octanol–water partition coefficient (Wildman–Crippen LogP) is 7.19. The van der Waals surface area contributed by atoms with Gasteiger partial charge in [0.2, 0.25) is 0 Å². The van der Waals surface area contributed by atoms with Crippen LogP contribution < -0.4 is 4.74 Å². The van der Waals surface area contributed by atoms with Gasteiger partial charge in [-0.1, -0.05) is 18.2 Å². The van der Waals surface area contributed by atoms with Crippen LogP contribution >= 0.6 is 0 Å². The summed E-state index contributed by atoms with van der Waals surface area (Å²) < 4.78 is 50.2. The van der Waals surface area contributed by atoms with Crippen molar-refractivity contribution in [2.24, 2.45) is 0 Å². The topological polar surface area (TPSA) is 64.2 Å². The van der Waals surface area contributed by atoms with E-state index >= 15 is 0 Å². The molecule has 2 aromatic carbocycles. The maximum absolute atomic E-state index is 13.1. The quantitative estimate of drug-likeness (QED) is 0.296. The predicted molar refractivity (Wildman–Crippen MR) is 128 cm³/mol. The lowest BCUT2D eigenvalue weighted by atomic mass is 9.92. The number of alkyl halides is 3. The normalized spacial score (nSPS) is 11.8. The average molecular weight is 483 g/mol. The Labute approximate surface area is 200 Å². The zero-order valence-electron chi connectivity index (χ0n) is 19.8. The number of nitrogens with zero attached hydrogens (tertiary/aromatic N) is 1. The summed E-state index contributed by atoms with van der Waals surface area (Å²) >= 11 is 0. The molecule has 4 rings (SSSR count). The van der Waals surface area contributed by atoms with Crippen molar-refractivity contribution >= 4 is 16.9 Å². The number of fused-ring (bicyclic) bond motifs is 1. The second-order valence-electron chi connectivity index (χ2n) is 8.38. The van der Waals surface area contributed by atoms with E-state index in [0.29, 0.717) is 33.8 Å². The zero-order valence-corrected chi connectivity index (χ0v) is 19.8. The molecular weight excluding hydrogens is 457 g/mol. The molecule has 2 aromatic heterocycles. The number of aryl methyl sites for hydroxylation is 1. The van der Waals surface area contributed by atoms with E-state index in [-0.39, 0.29) is 12.7 Å². The lowest BCUT2D eigenvalue weighted by molar-refractivity contribution is -0.137. The van der Waals surface area contributed by atoms with Gasteiger partial charge in [0.05, 0.1) is 24.0 Å². The number of esters is 1. The summed E-state index contributed by atoms with van der Waals surface area (Å²) in [6.07, 6.45) is -3.64. The van der Waals surface area contributed by atoms with Crippen LogP contribution in [-0.2, 0) is 10.9 Å². The highest BCUT2D eigenvalue weighted by Gasteiger charge is 2.31. The molecule has 0 bridgehead atoms. The monoisotopic (exact) mass is 482 g/mol. The molecule has 0 aliphatic carbocycles. The van der Waals surface area contributed by atoms with E-state index in [1.54, 1.807) is 19.1 Å². The smallest absolute Gasteiger partial charge is 0.417 e. The standard InChI is InChI=1S/C27H25F3N2O3/c1-5-34-26(33)25-16(4)23-22(32-25)13-11-20(21-12-8-18(14-31-21)27(28,29)30)24(23)17-6-9-19(10-7-17)35-15(2)3/h6-15,32H,5H2,1-4H3. The second-order valence-corrected chi connectivity index (χ2v) is 8.38. The van der Waals surface area contributed by atoms with Gasteiger partial charge in [-0.05, 0) is 69.2 Å². The molecule has 0 radical (unpaired) electrons. The third-order valence-corrected chi connectivity index (χ3v) is 5.58. The first-order chi connectivity index (χ1) is 16.6. The number of aromatic amines is 1. The molecule has 0 aliphatic rings. The van der Waals surface area contributed by atoms with Gasteiger partial charge in [0.25, 0.3) is 0 Å². The third kappa shape index (κ3) is 4.87. The van der Waals surface area contributed by atoms with Crippen LogP contribution in [0.3, 0.4) is 0 Å². The fraction of sp³-hybridized carbons (Fsp3) is 0.259. The Morgan fingerprint density at radius 3 is 2.34 bits per heavy atom. The van der Waals surface area contributed by atoms with Gasteiger partial charge in [0.1, 0.15) is 11.4 Å². The van der Waals surface area contributed by atoms with Crippen LogP contribution in [0.25, 0.3) is 33.3 Å². The Morgan fingerprint density at radius 1 is 1.06 bits per heavy atom. The molecule has 0 unspecified atom stereocenters. The van der Waals surface area contributed by atoms with Gasteiger partial charge in [-0.25, -0.2) is 4.79 Å². The molecule has 0 amide bonds. The molecular formula is C27H25F3N2O3. The van der Waals surface area contributed by atoms with Crippen molar-refractivity contribution in [1.29, 1.82) is 0 Å². The zero-order chi connectivity index (χ0) is 25.3. The van der Waals surface area contributed by atoms with Crippen LogP contribution in [0.5, 0.6) is 5.75 Å². The summed E-state index contributed by atoms with van der Waals surface area (Å²) in [6, 6.07) is 13.4. The highest BCUT2D eigenvalue weighted by molar-refractivity contribution is 6.08. The molecule has 0 saturated carbocycles. The maximum atomic E-state index is 13.1. The number of aromatic nitrogens is 2. The molecule has 0 spiro atoms. The first-order valence-corrected chi connectivity index (χ1v) is 11.2. The number of carbonyl (C=O) groups is 1. The van der Waals surface area contributed by atoms with Gasteiger partial charge >= 0.3 is 12.1 Å². The number of pyridine rings is 1. The third-order valence-electron chi connectivity index (χ3n) is 5.58. The summed E-state index contributed by atoms with van der Waals surface area (Å²) in [5.74, 6) is 0.227. The van der Waals surface area contributed by atoms with Crippen molar-refractivity contribution in [3.8, 4) is 28.1 Å². The molecule has 0 saturated heterocycles. The van der Waals surface area contributed by atoms with Crippen molar-refractivity contribution in [3.63, 3.8) is 0 Å². The van der Waals surface area contributed by atoms with Gasteiger partial charge in [-0.3, -0.25) is 4.98 Å². The number of hydrogen-bond acceptors (Lipinski definition) is 4. The van der Waals surface area contributed by atoms with Gasteiger partial charge in [0.15, 0.2) is 0 Å². The molecule has 35 heavy (non-hydrogen) atoms. The SMILES string of the molecule is CCOC(=O)c1[nH]c2ccc(-c3ccc(C(F)(F)F)cn3)c(-c3ccc(OC(C)C)cc3)c2c1C. The molecule has 0 aliphatic heterocycles. The van der Waals surface area contributed by atoms with Crippen molar-refractivity contribution < 1.29 is 27.4 Å². The Bertz CT molecular complexity index is 1360. The molecule has 2 heterocycles. The molecule has 0 atom stereocenters. The van der Waals surface area contributed by atoms with E-state index < -0.39 is 17.7 Å². The van der Waals surface area contributed by atoms with Crippen LogP contribution in [0, 0.1) is 6.92 Å². The Hall–Kier alpha value is -3.81. The van der Waals surface area contributed by atoms with E-state index in [1.165, 1.54) is 6.07 Å². The Morgan fingerprint density at radius 2 is 1.77 bits per heavy atom. The van der Waals surface area contributed by atoms with Crippen LogP contribution in [0.4, 0.5) is 13.2 Å². The molecule has 0 fully saturated rings. The van der Waals surface area contributed by atoms with Gasteiger partial charge < -0.3 is 14.5 Å². The second kappa shape index (κ2) is 9.44. The molecule has 182 valence electrons. The summed E-state index contributed by atoms with van der Waals surface area (Å²) in [5.41, 5.74) is 3.48. The van der Waals surface area contributed by atoms with E-state index in [2.05, 4.69) is 9.97 Å². The van der Waals surface area contributed by atoms with Crippen LogP contribution in [0.2, 0.25) is 0 Å². The summed E-state index contributed by atoms with van der Waals surface area (Å²) in [4.78, 5) is 19.8. The number of nitrogens with one attached hydrogen (secondary N) is 1. The fourth-order valence-electron chi connectivity index (χ4n) is 4.06. The molecule has 8 heteroatoms. The van der Waals surface area contributed by atoms with Gasteiger partial charge in [-0.15, -0.1) is 0 Å². The minimum atomic E-state index is -4.48. The van der Waals surface area contributed by atoms with Crippen molar-refractivity contribution in [2.45, 2.75) is 40.0 Å². The highest BCUT2D eigenvalue weighted by Crippen LogP contribution is 2.41. The number of halogens is 3. The number of benzene rings is 2.